The van der Waals surface area contributed by atoms with Crippen molar-refractivity contribution in [2.45, 2.75) is 77.3 Å². The summed E-state index contributed by atoms with van der Waals surface area (Å²) < 4.78 is 0. The fourth-order valence-electron chi connectivity index (χ4n) is 3.28. The van der Waals surface area contributed by atoms with E-state index in [1.807, 2.05) is 0 Å². The Balaban J connectivity index is 1.84. The molecule has 2 rings (SSSR count). The Morgan fingerprint density at radius 2 is 1.80 bits per heavy atom. The third kappa shape index (κ3) is 2.96. The van der Waals surface area contributed by atoms with Gasteiger partial charge in [0.2, 0.25) is 0 Å². The second-order valence-electron chi connectivity index (χ2n) is 5.58. The molecule has 0 saturated heterocycles. The van der Waals surface area contributed by atoms with Crippen LogP contribution in [0, 0.1) is 11.8 Å². The van der Waals surface area contributed by atoms with Gasteiger partial charge >= 0.3 is 0 Å². The molecule has 1 heteroatoms. The Morgan fingerprint density at radius 3 is 2.40 bits per heavy atom. The van der Waals surface area contributed by atoms with Crippen LogP contribution in [0.3, 0.4) is 0 Å². The van der Waals surface area contributed by atoms with Crippen LogP contribution in [0.1, 0.15) is 65.2 Å². The zero-order chi connectivity index (χ0) is 10.7. The standard InChI is InChI=1S/C14H27N/c1-3-11-7-5-6-8-14(11)15-13(4-2)12-9-10-12/h11-15H,3-10H2,1-2H3. The molecule has 2 aliphatic rings. The highest BCUT2D eigenvalue weighted by atomic mass is 15.0. The quantitative estimate of drug-likeness (QED) is 0.727. The molecule has 0 bridgehead atoms. The van der Waals surface area contributed by atoms with E-state index in [1.165, 1.54) is 51.4 Å². The summed E-state index contributed by atoms with van der Waals surface area (Å²) in [5, 5.41) is 3.97. The summed E-state index contributed by atoms with van der Waals surface area (Å²) in [5.41, 5.74) is 0. The van der Waals surface area contributed by atoms with E-state index in [9.17, 15) is 0 Å². The van der Waals surface area contributed by atoms with Gasteiger partial charge in [-0.15, -0.1) is 0 Å². The molecule has 1 nitrogen and oxygen atoms in total. The van der Waals surface area contributed by atoms with Gasteiger partial charge in [-0.25, -0.2) is 0 Å². The molecule has 2 saturated carbocycles. The van der Waals surface area contributed by atoms with Crippen LogP contribution in [-0.2, 0) is 0 Å². The van der Waals surface area contributed by atoms with Crippen molar-refractivity contribution in [2.24, 2.45) is 11.8 Å². The SMILES string of the molecule is CCC1CCCCC1NC(CC)C1CC1. The number of hydrogen-bond donors (Lipinski definition) is 1. The van der Waals surface area contributed by atoms with Crippen molar-refractivity contribution in [3.63, 3.8) is 0 Å². The maximum Gasteiger partial charge on any atom is 0.00979 e. The van der Waals surface area contributed by atoms with Gasteiger partial charge in [0.25, 0.3) is 0 Å². The van der Waals surface area contributed by atoms with Crippen molar-refractivity contribution in [1.82, 2.24) is 5.32 Å². The molecule has 0 aromatic rings. The van der Waals surface area contributed by atoms with E-state index in [-0.39, 0.29) is 0 Å². The van der Waals surface area contributed by atoms with Gasteiger partial charge in [-0.1, -0.05) is 33.1 Å². The number of nitrogens with one attached hydrogen (secondary N) is 1. The summed E-state index contributed by atoms with van der Waals surface area (Å²) in [6.07, 6.45) is 11.5. The first-order chi connectivity index (χ1) is 7.35. The topological polar surface area (TPSA) is 12.0 Å². The normalized spacial score (nSPS) is 34.0. The maximum atomic E-state index is 3.97. The lowest BCUT2D eigenvalue weighted by Gasteiger charge is -2.34. The second kappa shape index (κ2) is 5.34. The van der Waals surface area contributed by atoms with Crippen LogP contribution >= 0.6 is 0 Å². The first kappa shape index (κ1) is 11.4. The van der Waals surface area contributed by atoms with Gasteiger partial charge in [-0.3, -0.25) is 0 Å². The van der Waals surface area contributed by atoms with Crippen LogP contribution in [0.2, 0.25) is 0 Å². The Morgan fingerprint density at radius 1 is 1.07 bits per heavy atom. The molecule has 3 unspecified atom stereocenters. The summed E-state index contributed by atoms with van der Waals surface area (Å²) in [4.78, 5) is 0. The minimum Gasteiger partial charge on any atom is -0.311 e. The van der Waals surface area contributed by atoms with E-state index in [0.717, 1.165) is 23.9 Å². The van der Waals surface area contributed by atoms with Gasteiger partial charge < -0.3 is 5.32 Å². The lowest BCUT2D eigenvalue weighted by atomic mass is 9.82. The Kier molecular flexibility index (Phi) is 4.07. The molecule has 88 valence electrons. The van der Waals surface area contributed by atoms with Gasteiger partial charge in [0.1, 0.15) is 0 Å². The lowest BCUT2D eigenvalue weighted by Crippen LogP contribution is -2.45. The van der Waals surface area contributed by atoms with Crippen molar-refractivity contribution < 1.29 is 0 Å². The van der Waals surface area contributed by atoms with Crippen LogP contribution < -0.4 is 5.32 Å². The summed E-state index contributed by atoms with van der Waals surface area (Å²) in [5.74, 6) is 1.99. The number of hydrogen-bond acceptors (Lipinski definition) is 1. The average molecular weight is 209 g/mol. The maximum absolute atomic E-state index is 3.97. The third-order valence-electron chi connectivity index (χ3n) is 4.49. The molecule has 3 atom stereocenters. The second-order valence-corrected chi connectivity index (χ2v) is 5.58. The van der Waals surface area contributed by atoms with E-state index in [4.69, 9.17) is 0 Å². The average Bonchev–Trinajstić information content (AvgIpc) is 3.10. The highest BCUT2D eigenvalue weighted by Crippen LogP contribution is 2.36. The fraction of sp³-hybridized carbons (Fsp3) is 1.00. The summed E-state index contributed by atoms with van der Waals surface area (Å²) in [6.45, 7) is 4.71. The summed E-state index contributed by atoms with van der Waals surface area (Å²) in [7, 11) is 0. The van der Waals surface area contributed by atoms with Crippen molar-refractivity contribution in [3.8, 4) is 0 Å². The lowest BCUT2D eigenvalue weighted by molar-refractivity contribution is 0.226. The highest BCUT2D eigenvalue weighted by molar-refractivity contribution is 4.90. The number of rotatable bonds is 5. The third-order valence-corrected chi connectivity index (χ3v) is 4.49. The molecule has 15 heavy (non-hydrogen) atoms. The molecule has 2 aliphatic carbocycles. The monoisotopic (exact) mass is 209 g/mol. The van der Waals surface area contributed by atoms with Crippen LogP contribution in [-0.4, -0.2) is 12.1 Å². The van der Waals surface area contributed by atoms with Crippen LogP contribution in [0.15, 0.2) is 0 Å². The zero-order valence-electron chi connectivity index (χ0n) is 10.5. The Bertz CT molecular complexity index is 186. The summed E-state index contributed by atoms with van der Waals surface area (Å²) >= 11 is 0. The molecule has 0 aromatic heterocycles. The molecular formula is C14H27N. The minimum atomic E-state index is 0.835. The molecule has 0 aliphatic heterocycles. The molecule has 0 radical (unpaired) electrons. The van der Waals surface area contributed by atoms with Crippen LogP contribution in [0.4, 0.5) is 0 Å². The first-order valence-electron chi connectivity index (χ1n) is 7.11. The van der Waals surface area contributed by atoms with E-state index in [1.54, 1.807) is 0 Å². The molecular weight excluding hydrogens is 182 g/mol. The van der Waals surface area contributed by atoms with E-state index in [0.29, 0.717) is 0 Å². The van der Waals surface area contributed by atoms with Crippen molar-refractivity contribution >= 4 is 0 Å². The largest absolute Gasteiger partial charge is 0.311 e. The molecule has 0 spiro atoms. The molecule has 0 heterocycles. The van der Waals surface area contributed by atoms with Crippen LogP contribution in [0.25, 0.3) is 0 Å². The van der Waals surface area contributed by atoms with E-state index >= 15 is 0 Å². The fourth-order valence-corrected chi connectivity index (χ4v) is 3.28. The minimum absolute atomic E-state index is 0.835. The highest BCUT2D eigenvalue weighted by Gasteiger charge is 2.33. The van der Waals surface area contributed by atoms with Crippen LogP contribution in [0.5, 0.6) is 0 Å². The van der Waals surface area contributed by atoms with E-state index < -0.39 is 0 Å². The summed E-state index contributed by atoms with van der Waals surface area (Å²) in [6, 6.07) is 1.68. The molecule has 2 fully saturated rings. The smallest absolute Gasteiger partial charge is 0.00979 e. The van der Waals surface area contributed by atoms with Crippen molar-refractivity contribution in [3.05, 3.63) is 0 Å². The molecule has 1 N–H and O–H groups in total. The van der Waals surface area contributed by atoms with Crippen molar-refractivity contribution in [1.29, 1.82) is 0 Å². The predicted octanol–water partition coefficient (Wildman–Crippen LogP) is 3.73. The van der Waals surface area contributed by atoms with E-state index in [2.05, 4.69) is 19.2 Å². The zero-order valence-corrected chi connectivity index (χ0v) is 10.5. The van der Waals surface area contributed by atoms with Gasteiger partial charge in [0.15, 0.2) is 0 Å². The van der Waals surface area contributed by atoms with Gasteiger partial charge in [-0.2, -0.15) is 0 Å². The molecule has 0 aromatic carbocycles. The van der Waals surface area contributed by atoms with Gasteiger partial charge in [0.05, 0.1) is 0 Å². The Hall–Kier alpha value is -0.0400. The first-order valence-corrected chi connectivity index (χ1v) is 7.11. The van der Waals surface area contributed by atoms with Gasteiger partial charge in [-0.05, 0) is 43.9 Å². The Labute approximate surface area is 95.0 Å². The van der Waals surface area contributed by atoms with Crippen molar-refractivity contribution in [2.75, 3.05) is 0 Å². The predicted molar refractivity (Wildman–Crippen MR) is 66.0 cm³/mol. The molecule has 0 amide bonds. The van der Waals surface area contributed by atoms with Gasteiger partial charge in [0, 0.05) is 12.1 Å².